The second-order valence-electron chi connectivity index (χ2n) is 5.92. The zero-order chi connectivity index (χ0) is 17.3. The highest BCUT2D eigenvalue weighted by atomic mass is 35.5. The van der Waals surface area contributed by atoms with E-state index in [1.165, 1.54) is 22.8 Å². The van der Waals surface area contributed by atoms with Crippen LogP contribution in [0.5, 0.6) is 0 Å². The molecule has 1 saturated heterocycles. The number of nitrogens with zero attached hydrogens (tertiary/aromatic N) is 3. The largest absolute Gasteiger partial charge is 0.419 e. The molecule has 2 heterocycles. The van der Waals surface area contributed by atoms with Gasteiger partial charge in [0, 0.05) is 38.2 Å². The van der Waals surface area contributed by atoms with Crippen molar-refractivity contribution in [3.63, 3.8) is 0 Å². The van der Waals surface area contributed by atoms with Gasteiger partial charge in [0.15, 0.2) is 5.58 Å². The van der Waals surface area contributed by atoms with Crippen LogP contribution in [0.15, 0.2) is 27.4 Å². The standard InChI is InChI=1S/C15H18N4O5.ClH/c16-10-5-7-17(9-10)14(20)2-1-6-18-12-4-3-11(19(22)23)8-13(12)24-15(18)21;/h3-4,8,10H,1-2,5-7,9,16H2;1H/t10-;/m1./s1. The fraction of sp³-hybridized carbons (Fsp3) is 0.467. The maximum absolute atomic E-state index is 12.1. The summed E-state index contributed by atoms with van der Waals surface area (Å²) in [5.74, 6) is -0.555. The Kier molecular flexibility index (Phi) is 5.81. The number of oxazole rings is 1. The predicted octanol–water partition coefficient (Wildman–Crippen LogP) is 1.26. The van der Waals surface area contributed by atoms with Crippen LogP contribution in [-0.2, 0) is 11.3 Å². The second kappa shape index (κ2) is 7.66. The number of likely N-dealkylation sites (tertiary alicyclic amines) is 1. The molecule has 25 heavy (non-hydrogen) atoms. The smallest absolute Gasteiger partial charge is 0.407 e. The Morgan fingerprint density at radius 1 is 1.44 bits per heavy atom. The van der Waals surface area contributed by atoms with E-state index in [0.29, 0.717) is 38.0 Å². The third-order valence-corrected chi connectivity index (χ3v) is 4.21. The molecular formula is C15H19ClN4O5. The number of hydrogen-bond acceptors (Lipinski definition) is 6. The molecule has 1 aliphatic rings. The van der Waals surface area contributed by atoms with E-state index in [9.17, 15) is 19.7 Å². The molecule has 1 atom stereocenters. The van der Waals surface area contributed by atoms with Crippen molar-refractivity contribution in [1.29, 1.82) is 0 Å². The number of carbonyl (C=O) groups excluding carboxylic acids is 1. The number of nitro benzene ring substituents is 1. The van der Waals surface area contributed by atoms with Gasteiger partial charge in [-0.25, -0.2) is 4.79 Å². The van der Waals surface area contributed by atoms with Gasteiger partial charge >= 0.3 is 5.76 Å². The van der Waals surface area contributed by atoms with Gasteiger partial charge in [-0.15, -0.1) is 12.4 Å². The molecule has 0 saturated carbocycles. The molecule has 9 nitrogen and oxygen atoms in total. The molecule has 3 rings (SSSR count). The summed E-state index contributed by atoms with van der Waals surface area (Å²) >= 11 is 0. The summed E-state index contributed by atoms with van der Waals surface area (Å²) in [4.78, 5) is 35.9. The van der Waals surface area contributed by atoms with Crippen LogP contribution >= 0.6 is 12.4 Å². The van der Waals surface area contributed by atoms with Crippen LogP contribution in [0.1, 0.15) is 19.3 Å². The molecule has 0 unspecified atom stereocenters. The van der Waals surface area contributed by atoms with E-state index in [1.807, 2.05) is 0 Å². The first-order valence-corrected chi connectivity index (χ1v) is 7.77. The number of benzene rings is 1. The van der Waals surface area contributed by atoms with Crippen molar-refractivity contribution in [2.24, 2.45) is 5.73 Å². The molecule has 10 heteroatoms. The van der Waals surface area contributed by atoms with Crippen LogP contribution < -0.4 is 11.5 Å². The van der Waals surface area contributed by atoms with E-state index in [1.54, 1.807) is 4.90 Å². The highest BCUT2D eigenvalue weighted by Gasteiger charge is 2.23. The SMILES string of the molecule is Cl.N[C@@H]1CCN(C(=O)CCCn2c(=O)oc3cc([N+](=O)[O-])ccc32)C1. The molecule has 1 aromatic carbocycles. The van der Waals surface area contributed by atoms with Crippen molar-refractivity contribution in [2.45, 2.75) is 31.8 Å². The molecule has 2 N–H and O–H groups in total. The van der Waals surface area contributed by atoms with Gasteiger partial charge in [0.2, 0.25) is 5.91 Å². The first-order valence-electron chi connectivity index (χ1n) is 7.77. The summed E-state index contributed by atoms with van der Waals surface area (Å²) in [7, 11) is 0. The highest BCUT2D eigenvalue weighted by molar-refractivity contribution is 5.85. The van der Waals surface area contributed by atoms with Gasteiger partial charge in [0.05, 0.1) is 16.5 Å². The minimum Gasteiger partial charge on any atom is -0.407 e. The third kappa shape index (κ3) is 3.99. The monoisotopic (exact) mass is 370 g/mol. The van der Waals surface area contributed by atoms with E-state index in [-0.39, 0.29) is 35.6 Å². The Balaban J connectivity index is 0.00000225. The number of aromatic nitrogens is 1. The fourth-order valence-corrected chi connectivity index (χ4v) is 2.94. The summed E-state index contributed by atoms with van der Waals surface area (Å²) in [6.07, 6.45) is 1.62. The minimum atomic E-state index is -0.582. The van der Waals surface area contributed by atoms with Crippen molar-refractivity contribution >= 4 is 35.1 Å². The summed E-state index contributed by atoms with van der Waals surface area (Å²) in [6, 6.07) is 4.08. The zero-order valence-electron chi connectivity index (χ0n) is 13.4. The number of rotatable bonds is 5. The van der Waals surface area contributed by atoms with Crippen LogP contribution in [0.4, 0.5) is 5.69 Å². The lowest BCUT2D eigenvalue weighted by Gasteiger charge is -2.15. The van der Waals surface area contributed by atoms with E-state index >= 15 is 0 Å². The number of fused-ring (bicyclic) bond motifs is 1. The van der Waals surface area contributed by atoms with Crippen LogP contribution in [-0.4, -0.2) is 39.4 Å². The molecule has 136 valence electrons. The Morgan fingerprint density at radius 2 is 2.20 bits per heavy atom. The third-order valence-electron chi connectivity index (χ3n) is 4.21. The normalized spacial score (nSPS) is 16.8. The number of amides is 1. The van der Waals surface area contributed by atoms with Crippen molar-refractivity contribution in [1.82, 2.24) is 9.47 Å². The number of aryl methyl sites for hydroxylation is 1. The molecular weight excluding hydrogens is 352 g/mol. The maximum atomic E-state index is 12.1. The lowest BCUT2D eigenvalue weighted by Crippen LogP contribution is -2.32. The number of nitrogens with two attached hydrogens (primary N) is 1. The summed E-state index contributed by atoms with van der Waals surface area (Å²) in [5, 5.41) is 10.8. The average Bonchev–Trinajstić information content (AvgIpc) is 3.10. The summed E-state index contributed by atoms with van der Waals surface area (Å²) in [6.45, 7) is 1.57. The summed E-state index contributed by atoms with van der Waals surface area (Å²) < 4.78 is 6.44. The van der Waals surface area contributed by atoms with Gasteiger partial charge in [0.1, 0.15) is 0 Å². The van der Waals surface area contributed by atoms with Crippen LogP contribution in [0.2, 0.25) is 0 Å². The van der Waals surface area contributed by atoms with Crippen molar-refractivity contribution < 1.29 is 14.1 Å². The number of non-ortho nitro benzene ring substituents is 1. The molecule has 1 amide bonds. The molecule has 0 spiro atoms. The van der Waals surface area contributed by atoms with Gasteiger partial charge in [-0.05, 0) is 18.9 Å². The van der Waals surface area contributed by atoms with Crippen LogP contribution in [0.25, 0.3) is 11.1 Å². The highest BCUT2D eigenvalue weighted by Crippen LogP contribution is 2.20. The van der Waals surface area contributed by atoms with E-state index < -0.39 is 10.7 Å². The molecule has 1 aromatic heterocycles. The van der Waals surface area contributed by atoms with Crippen molar-refractivity contribution in [3.05, 3.63) is 38.9 Å². The Bertz CT molecular complexity index is 846. The van der Waals surface area contributed by atoms with Gasteiger partial charge in [-0.3, -0.25) is 19.5 Å². The topological polar surface area (TPSA) is 125 Å². The van der Waals surface area contributed by atoms with E-state index in [2.05, 4.69) is 0 Å². The molecule has 1 fully saturated rings. The van der Waals surface area contributed by atoms with Crippen LogP contribution in [0.3, 0.4) is 0 Å². The van der Waals surface area contributed by atoms with Gasteiger partial charge < -0.3 is 15.1 Å². The maximum Gasteiger partial charge on any atom is 0.419 e. The first kappa shape index (κ1) is 18.9. The van der Waals surface area contributed by atoms with Crippen molar-refractivity contribution in [2.75, 3.05) is 13.1 Å². The quantitative estimate of drug-likeness (QED) is 0.624. The predicted molar refractivity (Wildman–Crippen MR) is 92.8 cm³/mol. The van der Waals surface area contributed by atoms with Gasteiger partial charge in [0.25, 0.3) is 5.69 Å². The van der Waals surface area contributed by atoms with E-state index in [4.69, 9.17) is 10.2 Å². The van der Waals surface area contributed by atoms with Gasteiger partial charge in [-0.1, -0.05) is 0 Å². The Hall–Kier alpha value is -2.39. The Labute approximate surface area is 148 Å². The molecule has 1 aliphatic heterocycles. The fourth-order valence-electron chi connectivity index (χ4n) is 2.94. The van der Waals surface area contributed by atoms with Gasteiger partial charge in [-0.2, -0.15) is 0 Å². The van der Waals surface area contributed by atoms with E-state index in [0.717, 1.165) is 6.42 Å². The zero-order valence-corrected chi connectivity index (χ0v) is 14.2. The lowest BCUT2D eigenvalue weighted by molar-refractivity contribution is -0.384. The number of nitro groups is 1. The van der Waals surface area contributed by atoms with Crippen LogP contribution in [0, 0.1) is 10.1 Å². The second-order valence-corrected chi connectivity index (χ2v) is 5.92. The molecule has 0 radical (unpaired) electrons. The number of carbonyl (C=O) groups is 1. The number of hydrogen-bond donors (Lipinski definition) is 1. The molecule has 0 bridgehead atoms. The average molecular weight is 371 g/mol. The summed E-state index contributed by atoms with van der Waals surface area (Å²) in [5.41, 5.74) is 6.31. The lowest BCUT2D eigenvalue weighted by atomic mass is 10.2. The molecule has 0 aliphatic carbocycles. The Morgan fingerprint density at radius 3 is 2.84 bits per heavy atom. The molecule has 2 aromatic rings. The number of halogens is 1. The van der Waals surface area contributed by atoms with Crippen molar-refractivity contribution in [3.8, 4) is 0 Å². The minimum absolute atomic E-state index is 0. The first-order chi connectivity index (χ1) is 11.5.